The summed E-state index contributed by atoms with van der Waals surface area (Å²) in [5.41, 5.74) is 1.66. The van der Waals surface area contributed by atoms with Crippen molar-refractivity contribution >= 4 is 11.6 Å². The van der Waals surface area contributed by atoms with Crippen LogP contribution in [0.25, 0.3) is 0 Å². The van der Waals surface area contributed by atoms with Gasteiger partial charge in [-0.1, -0.05) is 11.6 Å². The van der Waals surface area contributed by atoms with Gasteiger partial charge in [0.25, 0.3) is 0 Å². The predicted octanol–water partition coefficient (Wildman–Crippen LogP) is 2.11. The Balaban J connectivity index is 3.01. The van der Waals surface area contributed by atoms with Gasteiger partial charge in [0.1, 0.15) is 0 Å². The molecule has 0 aromatic carbocycles. The summed E-state index contributed by atoms with van der Waals surface area (Å²) in [4.78, 5) is 4.02. The fraction of sp³-hybridized carbons (Fsp3) is 0.250. The second kappa shape index (κ2) is 3.36. The molecule has 0 unspecified atom stereocenters. The molecule has 0 aliphatic carbocycles. The third-order valence-corrected chi connectivity index (χ3v) is 1.69. The van der Waals surface area contributed by atoms with Gasteiger partial charge in [0.05, 0.1) is 12.5 Å². The van der Waals surface area contributed by atoms with Gasteiger partial charge in [-0.2, -0.15) is 5.26 Å². The Morgan fingerprint density at radius 2 is 2.45 bits per heavy atom. The Morgan fingerprint density at radius 1 is 1.73 bits per heavy atom. The highest BCUT2D eigenvalue weighted by molar-refractivity contribution is 6.31. The van der Waals surface area contributed by atoms with Crippen molar-refractivity contribution < 1.29 is 0 Å². The van der Waals surface area contributed by atoms with E-state index in [1.54, 1.807) is 12.3 Å². The van der Waals surface area contributed by atoms with Gasteiger partial charge in [-0.15, -0.1) is 0 Å². The average Bonchev–Trinajstić information content (AvgIpc) is 1.95. The van der Waals surface area contributed by atoms with Crippen LogP contribution in [-0.4, -0.2) is 4.98 Å². The molecule has 0 atom stereocenters. The largest absolute Gasteiger partial charge is 0.261 e. The molecule has 1 rings (SSSR count). The average molecular weight is 167 g/mol. The maximum atomic E-state index is 8.38. The molecule has 1 aromatic rings. The zero-order chi connectivity index (χ0) is 8.27. The Labute approximate surface area is 70.4 Å². The standard InChI is InChI=1S/C8H7ClN2/c1-6-4-8(9)7(2-3-10)5-11-6/h4-5H,2H2,1H3. The summed E-state index contributed by atoms with van der Waals surface area (Å²) in [6, 6.07) is 3.78. The molecule has 0 aliphatic rings. The third-order valence-electron chi connectivity index (χ3n) is 1.34. The van der Waals surface area contributed by atoms with E-state index in [9.17, 15) is 0 Å². The van der Waals surface area contributed by atoms with E-state index < -0.39 is 0 Å². The number of pyridine rings is 1. The maximum Gasteiger partial charge on any atom is 0.0670 e. The predicted molar refractivity (Wildman–Crippen MR) is 43.3 cm³/mol. The number of rotatable bonds is 1. The number of hydrogen-bond acceptors (Lipinski definition) is 2. The second-order valence-corrected chi connectivity index (χ2v) is 2.66. The van der Waals surface area contributed by atoms with E-state index in [-0.39, 0.29) is 0 Å². The highest BCUT2D eigenvalue weighted by Gasteiger charge is 1.99. The summed E-state index contributed by atoms with van der Waals surface area (Å²) in [5, 5.41) is 9.00. The number of aryl methyl sites for hydroxylation is 1. The van der Waals surface area contributed by atoms with Gasteiger partial charge >= 0.3 is 0 Å². The first-order chi connectivity index (χ1) is 5.24. The van der Waals surface area contributed by atoms with Crippen LogP contribution in [-0.2, 0) is 6.42 Å². The van der Waals surface area contributed by atoms with Crippen LogP contribution < -0.4 is 0 Å². The van der Waals surface area contributed by atoms with Gasteiger partial charge in [0, 0.05) is 22.5 Å². The first kappa shape index (κ1) is 8.03. The zero-order valence-corrected chi connectivity index (χ0v) is 6.89. The fourth-order valence-corrected chi connectivity index (χ4v) is 1.04. The van der Waals surface area contributed by atoms with Crippen molar-refractivity contribution in [3.05, 3.63) is 28.5 Å². The minimum absolute atomic E-state index is 0.326. The van der Waals surface area contributed by atoms with E-state index >= 15 is 0 Å². The van der Waals surface area contributed by atoms with Gasteiger partial charge in [0.15, 0.2) is 0 Å². The van der Waals surface area contributed by atoms with Gasteiger partial charge in [-0.25, -0.2) is 0 Å². The Kier molecular flexibility index (Phi) is 2.45. The number of nitrogens with zero attached hydrogens (tertiary/aromatic N) is 2. The molecular weight excluding hydrogens is 160 g/mol. The Morgan fingerprint density at radius 3 is 3.00 bits per heavy atom. The van der Waals surface area contributed by atoms with E-state index in [1.165, 1.54) is 0 Å². The molecule has 0 aliphatic heterocycles. The minimum Gasteiger partial charge on any atom is -0.261 e. The molecule has 1 heterocycles. The summed E-state index contributed by atoms with van der Waals surface area (Å²) in [6.07, 6.45) is 1.97. The summed E-state index contributed by atoms with van der Waals surface area (Å²) in [5.74, 6) is 0. The van der Waals surface area contributed by atoms with E-state index in [0.717, 1.165) is 11.3 Å². The minimum atomic E-state index is 0.326. The van der Waals surface area contributed by atoms with E-state index in [4.69, 9.17) is 16.9 Å². The van der Waals surface area contributed by atoms with Crippen LogP contribution in [0.3, 0.4) is 0 Å². The van der Waals surface area contributed by atoms with Crippen molar-refractivity contribution in [2.75, 3.05) is 0 Å². The van der Waals surface area contributed by atoms with Crippen LogP contribution >= 0.6 is 11.6 Å². The lowest BCUT2D eigenvalue weighted by Gasteiger charge is -1.98. The van der Waals surface area contributed by atoms with Gasteiger partial charge in [-0.05, 0) is 13.0 Å². The Hall–Kier alpha value is -1.07. The van der Waals surface area contributed by atoms with Gasteiger partial charge < -0.3 is 0 Å². The number of halogens is 1. The van der Waals surface area contributed by atoms with Crippen molar-refractivity contribution in [3.63, 3.8) is 0 Å². The fourth-order valence-electron chi connectivity index (χ4n) is 0.770. The first-order valence-corrected chi connectivity index (χ1v) is 3.60. The Bertz CT molecular complexity index is 301. The maximum absolute atomic E-state index is 8.38. The van der Waals surface area contributed by atoms with Crippen molar-refractivity contribution in [2.24, 2.45) is 0 Å². The van der Waals surface area contributed by atoms with Crippen LogP contribution in [0.1, 0.15) is 11.3 Å². The van der Waals surface area contributed by atoms with Crippen molar-refractivity contribution in [1.29, 1.82) is 5.26 Å². The van der Waals surface area contributed by atoms with Crippen LogP contribution in [0.15, 0.2) is 12.3 Å². The van der Waals surface area contributed by atoms with Crippen molar-refractivity contribution in [1.82, 2.24) is 4.98 Å². The molecule has 0 spiro atoms. The normalized spacial score (nSPS) is 9.18. The lowest BCUT2D eigenvalue weighted by molar-refractivity contribution is 1.13. The summed E-state index contributed by atoms with van der Waals surface area (Å²) < 4.78 is 0. The molecule has 0 amide bonds. The third kappa shape index (κ3) is 1.92. The van der Waals surface area contributed by atoms with Crippen LogP contribution in [0, 0.1) is 18.3 Å². The molecule has 11 heavy (non-hydrogen) atoms. The lowest BCUT2D eigenvalue weighted by atomic mass is 10.2. The molecule has 0 fully saturated rings. The van der Waals surface area contributed by atoms with Crippen LogP contribution in [0.4, 0.5) is 0 Å². The van der Waals surface area contributed by atoms with Crippen molar-refractivity contribution in [2.45, 2.75) is 13.3 Å². The molecule has 1 aromatic heterocycles. The molecule has 0 saturated carbocycles. The van der Waals surface area contributed by atoms with Crippen LogP contribution in [0.5, 0.6) is 0 Å². The molecule has 3 heteroatoms. The zero-order valence-electron chi connectivity index (χ0n) is 6.13. The smallest absolute Gasteiger partial charge is 0.0670 e. The van der Waals surface area contributed by atoms with Crippen molar-refractivity contribution in [3.8, 4) is 6.07 Å². The van der Waals surface area contributed by atoms with Crippen LogP contribution in [0.2, 0.25) is 5.02 Å². The molecule has 0 N–H and O–H groups in total. The second-order valence-electron chi connectivity index (χ2n) is 2.25. The summed E-state index contributed by atoms with van der Waals surface area (Å²) >= 11 is 5.82. The topological polar surface area (TPSA) is 36.7 Å². The molecular formula is C8H7ClN2. The highest BCUT2D eigenvalue weighted by Crippen LogP contribution is 2.15. The molecule has 56 valence electrons. The molecule has 2 nitrogen and oxygen atoms in total. The monoisotopic (exact) mass is 166 g/mol. The number of aromatic nitrogens is 1. The molecule has 0 radical (unpaired) electrons. The number of nitriles is 1. The summed E-state index contributed by atoms with van der Waals surface area (Å²) in [7, 11) is 0. The first-order valence-electron chi connectivity index (χ1n) is 3.22. The SMILES string of the molecule is Cc1cc(Cl)c(CC#N)cn1. The molecule has 0 saturated heterocycles. The number of hydrogen-bond donors (Lipinski definition) is 0. The summed E-state index contributed by atoms with van der Waals surface area (Å²) in [6.45, 7) is 1.86. The van der Waals surface area contributed by atoms with Gasteiger partial charge in [-0.3, -0.25) is 4.98 Å². The van der Waals surface area contributed by atoms with E-state index in [1.807, 2.05) is 13.0 Å². The highest BCUT2D eigenvalue weighted by atomic mass is 35.5. The molecule has 0 bridgehead atoms. The van der Waals surface area contributed by atoms with Gasteiger partial charge in [0.2, 0.25) is 0 Å². The van der Waals surface area contributed by atoms with E-state index in [0.29, 0.717) is 11.4 Å². The van der Waals surface area contributed by atoms with E-state index in [2.05, 4.69) is 4.98 Å². The quantitative estimate of drug-likeness (QED) is 0.641. The lowest BCUT2D eigenvalue weighted by Crippen LogP contribution is -1.87.